The van der Waals surface area contributed by atoms with Gasteiger partial charge in [0, 0.05) is 28.9 Å². The number of ether oxygens (including phenoxy) is 1. The Morgan fingerprint density at radius 2 is 2.00 bits per heavy atom. The molecule has 3 rings (SSSR count). The van der Waals surface area contributed by atoms with E-state index in [4.69, 9.17) is 22.1 Å². The molecule has 0 bridgehead atoms. The van der Waals surface area contributed by atoms with E-state index in [1.165, 1.54) is 7.11 Å². The number of hydrogen-bond acceptors (Lipinski definition) is 6. The minimum absolute atomic E-state index is 0. The highest BCUT2D eigenvalue weighted by Crippen LogP contribution is 2.31. The number of carbonyl (C=O) groups is 1. The zero-order chi connectivity index (χ0) is 20.4. The van der Waals surface area contributed by atoms with Gasteiger partial charge < -0.3 is 15.8 Å². The highest BCUT2D eigenvalue weighted by Gasteiger charge is 2.15. The van der Waals surface area contributed by atoms with E-state index < -0.39 is 0 Å². The summed E-state index contributed by atoms with van der Waals surface area (Å²) in [4.78, 5) is 21.3. The molecule has 3 aromatic rings. The number of fused-ring (bicyclic) bond motifs is 1. The third-order valence-corrected chi connectivity index (χ3v) is 5.04. The molecular weight excluding hydrogens is 415 g/mol. The number of aromatic nitrogens is 4. The molecule has 1 amide bonds. The van der Waals surface area contributed by atoms with Gasteiger partial charge in [0.2, 0.25) is 5.91 Å². The first-order chi connectivity index (χ1) is 13.3. The van der Waals surface area contributed by atoms with Gasteiger partial charge in [-0.1, -0.05) is 11.6 Å². The number of rotatable bonds is 6. The van der Waals surface area contributed by atoms with Crippen molar-refractivity contribution in [2.45, 2.75) is 40.2 Å². The number of nitrogens with two attached hydrogens (primary N) is 1. The molecule has 0 spiro atoms. The van der Waals surface area contributed by atoms with Gasteiger partial charge in [-0.2, -0.15) is 4.98 Å². The van der Waals surface area contributed by atoms with Gasteiger partial charge in [-0.25, -0.2) is 9.50 Å². The second-order valence-electron chi connectivity index (χ2n) is 6.55. The molecule has 29 heavy (non-hydrogen) atoms. The molecule has 0 atom stereocenters. The molecule has 0 aliphatic heterocycles. The fraction of sp³-hybridized carbons (Fsp3) is 0.368. The lowest BCUT2D eigenvalue weighted by atomic mass is 10.1. The smallest absolute Gasteiger partial charge is 0.252 e. The summed E-state index contributed by atoms with van der Waals surface area (Å²) in [6, 6.07) is 3.49. The van der Waals surface area contributed by atoms with Crippen molar-refractivity contribution >= 4 is 41.4 Å². The van der Waals surface area contributed by atoms with Crippen molar-refractivity contribution in [3.05, 3.63) is 45.5 Å². The average molecular weight is 439 g/mol. The largest absolute Gasteiger partial charge is 0.495 e. The lowest BCUT2D eigenvalue weighted by Gasteiger charge is -2.13. The molecule has 156 valence electrons. The summed E-state index contributed by atoms with van der Waals surface area (Å²) in [5, 5.41) is 7.84. The van der Waals surface area contributed by atoms with E-state index in [2.05, 4.69) is 20.4 Å². The van der Waals surface area contributed by atoms with Crippen LogP contribution in [0.15, 0.2) is 12.1 Å². The van der Waals surface area contributed by atoms with E-state index in [-0.39, 0.29) is 31.3 Å². The van der Waals surface area contributed by atoms with Crippen molar-refractivity contribution in [1.29, 1.82) is 0 Å². The van der Waals surface area contributed by atoms with Gasteiger partial charge in [0.25, 0.3) is 5.78 Å². The van der Waals surface area contributed by atoms with Crippen LogP contribution in [0, 0.1) is 20.8 Å². The predicted molar refractivity (Wildman–Crippen MR) is 115 cm³/mol. The van der Waals surface area contributed by atoms with E-state index in [0.29, 0.717) is 34.5 Å². The van der Waals surface area contributed by atoms with Crippen molar-refractivity contribution in [2.75, 3.05) is 12.4 Å². The van der Waals surface area contributed by atoms with Crippen molar-refractivity contribution in [2.24, 2.45) is 5.73 Å². The minimum Gasteiger partial charge on any atom is -0.495 e. The monoisotopic (exact) mass is 438 g/mol. The number of aryl methyl sites for hydroxylation is 3. The van der Waals surface area contributed by atoms with Crippen molar-refractivity contribution < 1.29 is 9.53 Å². The summed E-state index contributed by atoms with van der Waals surface area (Å²) in [6.07, 6.45) is 0.817. The zero-order valence-electron chi connectivity index (χ0n) is 16.7. The molecule has 2 aromatic heterocycles. The lowest BCUT2D eigenvalue weighted by molar-refractivity contribution is -0.116. The van der Waals surface area contributed by atoms with Gasteiger partial charge >= 0.3 is 0 Å². The molecule has 8 nitrogen and oxygen atoms in total. The van der Waals surface area contributed by atoms with Crippen LogP contribution in [0.1, 0.15) is 34.8 Å². The molecule has 3 N–H and O–H groups in total. The molecule has 2 heterocycles. The molecule has 0 saturated heterocycles. The fourth-order valence-corrected chi connectivity index (χ4v) is 3.23. The number of amides is 1. The predicted octanol–water partition coefficient (Wildman–Crippen LogP) is 3.16. The summed E-state index contributed by atoms with van der Waals surface area (Å²) < 4.78 is 6.98. The van der Waals surface area contributed by atoms with Crippen LogP contribution >= 0.6 is 24.0 Å². The number of nitrogens with one attached hydrogen (secondary N) is 1. The normalized spacial score (nSPS) is 10.7. The molecule has 0 unspecified atom stereocenters. The fourth-order valence-electron chi connectivity index (χ4n) is 3.08. The van der Waals surface area contributed by atoms with Gasteiger partial charge in [-0.15, -0.1) is 17.5 Å². The van der Waals surface area contributed by atoms with E-state index in [1.54, 1.807) is 16.6 Å². The van der Waals surface area contributed by atoms with Gasteiger partial charge in [0.1, 0.15) is 5.75 Å². The summed E-state index contributed by atoms with van der Waals surface area (Å²) in [7, 11) is 1.54. The topological polar surface area (TPSA) is 107 Å². The van der Waals surface area contributed by atoms with E-state index in [0.717, 1.165) is 22.5 Å². The van der Waals surface area contributed by atoms with Gasteiger partial charge in [-0.05, 0) is 44.4 Å². The number of carbonyl (C=O) groups excluding carboxylic acids is 1. The number of nitrogens with zero attached hydrogens (tertiary/aromatic N) is 4. The maximum atomic E-state index is 12.5. The van der Waals surface area contributed by atoms with Crippen LogP contribution in [0.2, 0.25) is 5.02 Å². The quantitative estimate of drug-likeness (QED) is 0.611. The van der Waals surface area contributed by atoms with Crippen LogP contribution in [-0.2, 0) is 17.8 Å². The van der Waals surface area contributed by atoms with Crippen molar-refractivity contribution in [3.63, 3.8) is 0 Å². The van der Waals surface area contributed by atoms with Gasteiger partial charge in [-0.3, -0.25) is 4.79 Å². The molecule has 0 aliphatic rings. The molecule has 0 radical (unpaired) electrons. The van der Waals surface area contributed by atoms with E-state index in [1.807, 2.05) is 20.8 Å². The first-order valence-electron chi connectivity index (χ1n) is 8.89. The summed E-state index contributed by atoms with van der Waals surface area (Å²) in [6.45, 7) is 5.97. The molecule has 0 aliphatic carbocycles. The minimum atomic E-state index is -0.125. The lowest BCUT2D eigenvalue weighted by Crippen LogP contribution is -2.15. The molecular formula is C19H24Cl2N6O2. The Bertz CT molecular complexity index is 1050. The Labute approximate surface area is 180 Å². The molecule has 10 heteroatoms. The van der Waals surface area contributed by atoms with Crippen LogP contribution in [0.25, 0.3) is 5.78 Å². The Kier molecular flexibility index (Phi) is 7.40. The summed E-state index contributed by atoms with van der Waals surface area (Å²) >= 11 is 6.12. The highest BCUT2D eigenvalue weighted by atomic mass is 35.5. The Morgan fingerprint density at radius 1 is 1.28 bits per heavy atom. The van der Waals surface area contributed by atoms with Crippen LogP contribution in [0.5, 0.6) is 5.75 Å². The number of anilines is 1. The Morgan fingerprint density at radius 3 is 2.66 bits per heavy atom. The number of methoxy groups -OCH3 is 1. The Hall–Kier alpha value is -2.42. The third-order valence-electron chi connectivity index (χ3n) is 4.63. The SMILES string of the molecule is COc1cc(Cl)c(C)cc1NC(=O)CCc1c(C)nc2nc(CN)nn2c1C.Cl. The summed E-state index contributed by atoms with van der Waals surface area (Å²) in [5.41, 5.74) is 9.78. The first-order valence-corrected chi connectivity index (χ1v) is 9.27. The van der Waals surface area contributed by atoms with Crippen LogP contribution in [-0.4, -0.2) is 32.6 Å². The van der Waals surface area contributed by atoms with Crippen LogP contribution in [0.4, 0.5) is 5.69 Å². The second kappa shape index (κ2) is 9.39. The van der Waals surface area contributed by atoms with E-state index in [9.17, 15) is 4.79 Å². The van der Waals surface area contributed by atoms with Crippen molar-refractivity contribution in [1.82, 2.24) is 19.6 Å². The highest BCUT2D eigenvalue weighted by molar-refractivity contribution is 6.31. The number of hydrogen-bond donors (Lipinski definition) is 2. The van der Waals surface area contributed by atoms with Gasteiger partial charge in [0.05, 0.1) is 19.3 Å². The maximum absolute atomic E-state index is 12.5. The number of benzene rings is 1. The molecule has 0 saturated carbocycles. The average Bonchev–Trinajstić information content (AvgIpc) is 3.07. The zero-order valence-corrected chi connectivity index (χ0v) is 18.3. The van der Waals surface area contributed by atoms with Crippen LogP contribution < -0.4 is 15.8 Å². The molecule has 0 fully saturated rings. The number of halogens is 2. The van der Waals surface area contributed by atoms with Crippen LogP contribution in [0.3, 0.4) is 0 Å². The maximum Gasteiger partial charge on any atom is 0.252 e. The third kappa shape index (κ3) is 4.77. The van der Waals surface area contributed by atoms with Crippen molar-refractivity contribution in [3.8, 4) is 5.75 Å². The Balaban J connectivity index is 0.00000300. The first kappa shape index (κ1) is 22.9. The molecule has 1 aromatic carbocycles. The van der Waals surface area contributed by atoms with E-state index >= 15 is 0 Å². The standard InChI is InChI=1S/C19H23ClN6O2.ClH/c1-10-7-15(16(28-4)8-14(10)20)23-18(27)6-5-13-11(2)22-19-24-17(9-21)25-26(19)12(13)3;/h7-8H,5-6,9,21H2,1-4H3,(H,23,27);1H. The second-order valence-corrected chi connectivity index (χ2v) is 6.96. The summed E-state index contributed by atoms with van der Waals surface area (Å²) in [5.74, 6) is 1.46. The van der Waals surface area contributed by atoms with Gasteiger partial charge in [0.15, 0.2) is 5.82 Å².